The summed E-state index contributed by atoms with van der Waals surface area (Å²) < 4.78 is 11.7. The lowest BCUT2D eigenvalue weighted by Gasteiger charge is -2.12. The van der Waals surface area contributed by atoms with E-state index in [2.05, 4.69) is 5.32 Å². The molecular formula is C26H21NO3. The van der Waals surface area contributed by atoms with E-state index in [1.54, 1.807) is 12.1 Å². The molecule has 0 unspecified atom stereocenters. The first-order valence-corrected chi connectivity index (χ1v) is 9.68. The van der Waals surface area contributed by atoms with Crippen LogP contribution in [-0.4, -0.2) is 5.91 Å². The highest BCUT2D eigenvalue weighted by Crippen LogP contribution is 2.26. The average molecular weight is 395 g/mol. The van der Waals surface area contributed by atoms with Crippen molar-refractivity contribution in [2.24, 2.45) is 0 Å². The van der Waals surface area contributed by atoms with Crippen LogP contribution in [0.2, 0.25) is 0 Å². The average Bonchev–Trinajstić information content (AvgIpc) is 2.80. The molecule has 148 valence electrons. The zero-order chi connectivity index (χ0) is 20.6. The predicted molar refractivity (Wildman–Crippen MR) is 118 cm³/mol. The largest absolute Gasteiger partial charge is 0.489 e. The first-order valence-electron chi connectivity index (χ1n) is 9.68. The number of para-hydroxylation sites is 2. The predicted octanol–water partition coefficient (Wildman–Crippen LogP) is 6.31. The smallest absolute Gasteiger partial charge is 0.259 e. The third-order valence-corrected chi connectivity index (χ3v) is 4.46. The monoisotopic (exact) mass is 395 g/mol. The lowest BCUT2D eigenvalue weighted by molar-refractivity contribution is 0.102. The first kappa shape index (κ1) is 19.3. The van der Waals surface area contributed by atoms with E-state index in [0.29, 0.717) is 29.4 Å². The van der Waals surface area contributed by atoms with Crippen molar-refractivity contribution in [1.29, 1.82) is 0 Å². The van der Waals surface area contributed by atoms with Gasteiger partial charge in [0.15, 0.2) is 0 Å². The number of benzene rings is 4. The van der Waals surface area contributed by atoms with Crippen molar-refractivity contribution in [3.8, 4) is 17.2 Å². The zero-order valence-corrected chi connectivity index (χ0v) is 16.3. The number of anilines is 1. The maximum absolute atomic E-state index is 12.8. The summed E-state index contributed by atoms with van der Waals surface area (Å²) in [5, 5.41) is 2.91. The molecule has 0 saturated carbocycles. The van der Waals surface area contributed by atoms with Gasteiger partial charge in [0, 0.05) is 5.69 Å². The van der Waals surface area contributed by atoms with Crippen molar-refractivity contribution in [1.82, 2.24) is 0 Å². The molecule has 0 aliphatic rings. The van der Waals surface area contributed by atoms with Gasteiger partial charge in [-0.2, -0.15) is 0 Å². The molecule has 0 saturated heterocycles. The molecule has 0 fully saturated rings. The van der Waals surface area contributed by atoms with E-state index < -0.39 is 0 Å². The molecule has 0 aliphatic carbocycles. The number of carbonyl (C=O) groups is 1. The standard InChI is InChI=1S/C26H21NO3/c28-26(24-13-7-8-14-25(24)30-23-11-5-2-6-12-23)27-21-15-17-22(18-16-21)29-19-20-9-3-1-4-10-20/h1-18H,19H2,(H,27,28). The van der Waals surface area contributed by atoms with Gasteiger partial charge in [0.2, 0.25) is 0 Å². The Morgan fingerprint density at radius 1 is 0.667 bits per heavy atom. The van der Waals surface area contributed by atoms with Crippen molar-refractivity contribution in [3.63, 3.8) is 0 Å². The lowest BCUT2D eigenvalue weighted by atomic mass is 10.1. The summed E-state index contributed by atoms with van der Waals surface area (Å²) >= 11 is 0. The van der Waals surface area contributed by atoms with Crippen LogP contribution in [0.4, 0.5) is 5.69 Å². The van der Waals surface area contributed by atoms with Gasteiger partial charge in [-0.25, -0.2) is 0 Å². The fourth-order valence-corrected chi connectivity index (χ4v) is 2.93. The van der Waals surface area contributed by atoms with Crippen molar-refractivity contribution in [2.45, 2.75) is 6.61 Å². The number of hydrogen-bond donors (Lipinski definition) is 1. The third-order valence-electron chi connectivity index (χ3n) is 4.46. The Hall–Kier alpha value is -4.05. The molecule has 0 atom stereocenters. The molecule has 0 aliphatic heterocycles. The molecule has 1 amide bonds. The van der Waals surface area contributed by atoms with Gasteiger partial charge in [0.05, 0.1) is 5.56 Å². The van der Waals surface area contributed by atoms with Crippen molar-refractivity contribution in [2.75, 3.05) is 5.32 Å². The molecule has 0 bridgehead atoms. The summed E-state index contributed by atoms with van der Waals surface area (Å²) in [4.78, 5) is 12.8. The molecule has 0 spiro atoms. The van der Waals surface area contributed by atoms with E-state index in [4.69, 9.17) is 9.47 Å². The Morgan fingerprint density at radius 2 is 1.30 bits per heavy atom. The normalized spacial score (nSPS) is 10.3. The number of nitrogens with one attached hydrogen (secondary N) is 1. The Bertz CT molecular complexity index is 1090. The van der Waals surface area contributed by atoms with E-state index in [1.165, 1.54) is 0 Å². The van der Waals surface area contributed by atoms with Crippen molar-refractivity contribution < 1.29 is 14.3 Å². The van der Waals surface area contributed by atoms with E-state index in [0.717, 1.165) is 11.3 Å². The highest BCUT2D eigenvalue weighted by molar-refractivity contribution is 6.06. The van der Waals surface area contributed by atoms with Gasteiger partial charge in [0.1, 0.15) is 23.9 Å². The molecule has 4 rings (SSSR count). The molecule has 1 N–H and O–H groups in total. The lowest BCUT2D eigenvalue weighted by Crippen LogP contribution is -2.12. The van der Waals surface area contributed by atoms with Crippen LogP contribution in [0, 0.1) is 0 Å². The first-order chi connectivity index (χ1) is 14.8. The Kier molecular flexibility index (Phi) is 6.06. The minimum Gasteiger partial charge on any atom is -0.489 e. The van der Waals surface area contributed by atoms with Gasteiger partial charge in [-0.3, -0.25) is 4.79 Å². The Balaban J connectivity index is 1.40. The fourth-order valence-electron chi connectivity index (χ4n) is 2.93. The second-order valence-electron chi connectivity index (χ2n) is 6.66. The minimum atomic E-state index is -0.237. The highest BCUT2D eigenvalue weighted by Gasteiger charge is 2.13. The molecule has 4 nitrogen and oxygen atoms in total. The molecule has 0 radical (unpaired) electrons. The summed E-state index contributed by atoms with van der Waals surface area (Å²) in [6, 6.07) is 33.9. The molecular weight excluding hydrogens is 374 g/mol. The number of ether oxygens (including phenoxy) is 2. The topological polar surface area (TPSA) is 47.6 Å². The van der Waals surface area contributed by atoms with E-state index in [-0.39, 0.29) is 5.91 Å². The van der Waals surface area contributed by atoms with Gasteiger partial charge in [-0.05, 0) is 54.1 Å². The van der Waals surface area contributed by atoms with Crippen LogP contribution in [0.25, 0.3) is 0 Å². The SMILES string of the molecule is O=C(Nc1ccc(OCc2ccccc2)cc1)c1ccccc1Oc1ccccc1. The summed E-state index contributed by atoms with van der Waals surface area (Å²) in [6.07, 6.45) is 0. The fraction of sp³-hybridized carbons (Fsp3) is 0.0385. The minimum absolute atomic E-state index is 0.237. The third kappa shape index (κ3) is 5.06. The number of hydrogen-bond acceptors (Lipinski definition) is 3. The highest BCUT2D eigenvalue weighted by atomic mass is 16.5. The maximum Gasteiger partial charge on any atom is 0.259 e. The summed E-state index contributed by atoms with van der Waals surface area (Å²) in [5.74, 6) is 1.69. The maximum atomic E-state index is 12.8. The number of rotatable bonds is 7. The van der Waals surface area contributed by atoms with E-state index in [1.807, 2.05) is 97.1 Å². The van der Waals surface area contributed by atoms with Gasteiger partial charge in [0.25, 0.3) is 5.91 Å². The number of amides is 1. The van der Waals surface area contributed by atoms with E-state index >= 15 is 0 Å². The van der Waals surface area contributed by atoms with Crippen LogP contribution in [-0.2, 0) is 6.61 Å². The molecule has 0 heterocycles. The summed E-state index contributed by atoms with van der Waals surface area (Å²) in [5.41, 5.74) is 2.25. The van der Waals surface area contributed by atoms with Crippen LogP contribution < -0.4 is 14.8 Å². The van der Waals surface area contributed by atoms with E-state index in [9.17, 15) is 4.79 Å². The summed E-state index contributed by atoms with van der Waals surface area (Å²) in [6.45, 7) is 0.497. The second kappa shape index (κ2) is 9.43. The van der Waals surface area contributed by atoms with Crippen LogP contribution in [0.3, 0.4) is 0 Å². The Labute approximate surface area is 175 Å². The van der Waals surface area contributed by atoms with Crippen LogP contribution in [0.1, 0.15) is 15.9 Å². The molecule has 0 aromatic heterocycles. The van der Waals surface area contributed by atoms with Crippen molar-refractivity contribution in [3.05, 3.63) is 120 Å². The second-order valence-corrected chi connectivity index (χ2v) is 6.66. The quantitative estimate of drug-likeness (QED) is 0.399. The molecule has 30 heavy (non-hydrogen) atoms. The van der Waals surface area contributed by atoms with Crippen molar-refractivity contribution >= 4 is 11.6 Å². The molecule has 4 aromatic rings. The van der Waals surface area contributed by atoms with Crippen LogP contribution in [0.15, 0.2) is 109 Å². The van der Waals surface area contributed by atoms with Gasteiger partial charge >= 0.3 is 0 Å². The molecule has 4 aromatic carbocycles. The number of carbonyl (C=O) groups excluding carboxylic acids is 1. The zero-order valence-electron chi connectivity index (χ0n) is 16.3. The molecule has 4 heteroatoms. The van der Waals surface area contributed by atoms with Gasteiger partial charge < -0.3 is 14.8 Å². The Morgan fingerprint density at radius 3 is 2.03 bits per heavy atom. The van der Waals surface area contributed by atoms with Gasteiger partial charge in [-0.15, -0.1) is 0 Å². The summed E-state index contributed by atoms with van der Waals surface area (Å²) in [7, 11) is 0. The van der Waals surface area contributed by atoms with Crippen LogP contribution >= 0.6 is 0 Å². The van der Waals surface area contributed by atoms with Crippen LogP contribution in [0.5, 0.6) is 17.2 Å². The van der Waals surface area contributed by atoms with Gasteiger partial charge in [-0.1, -0.05) is 60.7 Å².